The lowest BCUT2D eigenvalue weighted by atomic mass is 9.64. The lowest BCUT2D eigenvalue weighted by Gasteiger charge is -2.39. The Kier molecular flexibility index (Phi) is 4.59. The number of hydrogen-bond acceptors (Lipinski definition) is 2. The number of epoxide rings is 1. The fourth-order valence-electron chi connectivity index (χ4n) is 5.93. The third-order valence-corrected chi connectivity index (χ3v) is 7.88. The van der Waals surface area contributed by atoms with Crippen molar-refractivity contribution >= 4 is 5.91 Å². The van der Waals surface area contributed by atoms with E-state index >= 15 is 0 Å². The molecule has 2 fully saturated rings. The van der Waals surface area contributed by atoms with Crippen LogP contribution in [0.25, 0.3) is 0 Å². The van der Waals surface area contributed by atoms with Gasteiger partial charge in [-0.3, -0.25) is 4.79 Å². The molecule has 1 aromatic carbocycles. The summed E-state index contributed by atoms with van der Waals surface area (Å²) in [6.45, 7) is 9.74. The second-order valence-corrected chi connectivity index (χ2v) is 10.3. The highest BCUT2D eigenvalue weighted by Crippen LogP contribution is 2.65. The Hall–Kier alpha value is -2.13. The molecule has 3 nitrogen and oxygen atoms in total. The van der Waals surface area contributed by atoms with Crippen molar-refractivity contribution in [2.24, 2.45) is 11.3 Å². The van der Waals surface area contributed by atoms with Gasteiger partial charge in [0.2, 0.25) is 0 Å². The number of hydrogen-bond donors (Lipinski definition) is 1. The maximum Gasteiger partial charge on any atom is 0.251 e. The standard InChI is InChI=1S/C27H33NO2/c1-17(2)21-11-12-26(4)13-14-27-22(24(21)26)10-7-19(15-23(27)30-27)16-28-25(29)20-8-5-18(3)6-9-20/h5-10,17,23H,11-16H2,1-4H3,(H,28,29)/t23-,26+,27-/m0/s1. The summed E-state index contributed by atoms with van der Waals surface area (Å²) < 4.78 is 6.41. The van der Waals surface area contributed by atoms with E-state index in [9.17, 15) is 4.79 Å². The van der Waals surface area contributed by atoms with E-state index in [1.54, 1.807) is 11.1 Å². The van der Waals surface area contributed by atoms with Crippen LogP contribution in [-0.4, -0.2) is 24.2 Å². The number of carbonyl (C=O) groups is 1. The van der Waals surface area contributed by atoms with Crippen LogP contribution in [-0.2, 0) is 4.74 Å². The number of nitrogens with one attached hydrogen (secondary N) is 1. The zero-order valence-electron chi connectivity index (χ0n) is 18.7. The zero-order chi connectivity index (χ0) is 21.1. The second-order valence-electron chi connectivity index (χ2n) is 10.3. The van der Waals surface area contributed by atoms with Crippen LogP contribution in [0, 0.1) is 18.3 Å². The highest BCUT2D eigenvalue weighted by atomic mass is 16.6. The first kappa shape index (κ1) is 19.8. The van der Waals surface area contributed by atoms with Gasteiger partial charge in [-0.25, -0.2) is 0 Å². The summed E-state index contributed by atoms with van der Waals surface area (Å²) in [6.07, 6.45) is 10.6. The number of aryl methyl sites for hydroxylation is 1. The van der Waals surface area contributed by atoms with Crippen LogP contribution in [0.4, 0.5) is 0 Å². The molecule has 3 heteroatoms. The molecule has 30 heavy (non-hydrogen) atoms. The minimum atomic E-state index is -0.0709. The quantitative estimate of drug-likeness (QED) is 0.659. The molecule has 158 valence electrons. The normalized spacial score (nSPS) is 32.0. The summed E-state index contributed by atoms with van der Waals surface area (Å²) in [7, 11) is 0. The van der Waals surface area contributed by atoms with Crippen molar-refractivity contribution in [2.75, 3.05) is 6.54 Å². The SMILES string of the molecule is Cc1ccc(C(=O)NCC2=CC=C3C4=C(C(C)C)CC[C@]4(C)CC[C@]34O[C@H]4C2)cc1. The molecular formula is C27H33NO2. The van der Waals surface area contributed by atoms with Crippen molar-refractivity contribution in [3.63, 3.8) is 0 Å². The van der Waals surface area contributed by atoms with Crippen molar-refractivity contribution < 1.29 is 9.53 Å². The summed E-state index contributed by atoms with van der Waals surface area (Å²) in [5.41, 5.74) is 8.07. The molecule has 0 radical (unpaired) electrons. The molecular weight excluding hydrogens is 370 g/mol. The molecule has 3 atom stereocenters. The summed E-state index contributed by atoms with van der Waals surface area (Å²) in [6, 6.07) is 7.75. The third-order valence-electron chi connectivity index (χ3n) is 7.88. The molecule has 1 heterocycles. The fraction of sp³-hybridized carbons (Fsp3) is 0.519. The predicted molar refractivity (Wildman–Crippen MR) is 120 cm³/mol. The minimum Gasteiger partial charge on any atom is -0.361 e. The Bertz CT molecular complexity index is 981. The van der Waals surface area contributed by atoms with E-state index in [4.69, 9.17) is 4.74 Å². The molecule has 1 N–H and O–H groups in total. The van der Waals surface area contributed by atoms with Gasteiger partial charge < -0.3 is 10.1 Å². The molecule has 5 rings (SSSR count). The van der Waals surface area contributed by atoms with E-state index in [2.05, 4.69) is 38.2 Å². The van der Waals surface area contributed by atoms with Crippen molar-refractivity contribution in [1.82, 2.24) is 5.32 Å². The number of amides is 1. The monoisotopic (exact) mass is 403 g/mol. The van der Waals surface area contributed by atoms with Gasteiger partial charge in [-0.2, -0.15) is 0 Å². The minimum absolute atomic E-state index is 0.00943. The van der Waals surface area contributed by atoms with E-state index in [0.717, 1.165) is 24.0 Å². The molecule has 0 unspecified atom stereocenters. The second kappa shape index (κ2) is 6.95. The predicted octanol–water partition coefficient (Wildman–Crippen LogP) is 5.67. The average molecular weight is 404 g/mol. The summed E-state index contributed by atoms with van der Waals surface area (Å²) in [5, 5.41) is 3.11. The molecule has 4 aliphatic rings. The molecule has 1 amide bonds. The first-order valence-electron chi connectivity index (χ1n) is 11.5. The van der Waals surface area contributed by atoms with Crippen LogP contribution >= 0.6 is 0 Å². The van der Waals surface area contributed by atoms with Gasteiger partial charge in [0.05, 0.1) is 6.10 Å². The van der Waals surface area contributed by atoms with Crippen LogP contribution in [0.1, 0.15) is 68.8 Å². The number of carbonyl (C=O) groups excluding carboxylic acids is 1. The highest BCUT2D eigenvalue weighted by Gasteiger charge is 2.64. The third kappa shape index (κ3) is 3.10. The van der Waals surface area contributed by atoms with Gasteiger partial charge in [0.1, 0.15) is 5.60 Å². The van der Waals surface area contributed by atoms with Crippen LogP contribution in [0.15, 0.2) is 58.7 Å². The molecule has 1 spiro atoms. The van der Waals surface area contributed by atoms with Crippen LogP contribution < -0.4 is 5.32 Å². The number of allylic oxidation sites excluding steroid dienone is 3. The molecule has 3 aliphatic carbocycles. The van der Waals surface area contributed by atoms with Crippen molar-refractivity contribution in [3.8, 4) is 0 Å². The Labute approximate surface area is 180 Å². The molecule has 0 aromatic heterocycles. The number of rotatable bonds is 4. The first-order chi connectivity index (χ1) is 14.3. The topological polar surface area (TPSA) is 41.6 Å². The maximum atomic E-state index is 12.5. The van der Waals surface area contributed by atoms with Crippen molar-refractivity contribution in [3.05, 3.63) is 69.8 Å². The van der Waals surface area contributed by atoms with Crippen LogP contribution in [0.2, 0.25) is 0 Å². The van der Waals surface area contributed by atoms with E-state index in [1.807, 2.05) is 31.2 Å². The van der Waals surface area contributed by atoms with Crippen LogP contribution in [0.5, 0.6) is 0 Å². The number of fused-ring (bicyclic) bond motifs is 2. The molecule has 1 saturated carbocycles. The van der Waals surface area contributed by atoms with Gasteiger partial charge in [-0.05, 0) is 79.2 Å². The van der Waals surface area contributed by atoms with E-state index < -0.39 is 0 Å². The molecule has 0 bridgehead atoms. The van der Waals surface area contributed by atoms with E-state index in [-0.39, 0.29) is 17.6 Å². The lowest BCUT2D eigenvalue weighted by molar-refractivity contribution is 0.0956. The highest BCUT2D eigenvalue weighted by molar-refractivity contribution is 5.94. The van der Waals surface area contributed by atoms with Gasteiger partial charge in [-0.15, -0.1) is 0 Å². The Morgan fingerprint density at radius 1 is 1.17 bits per heavy atom. The van der Waals surface area contributed by atoms with Gasteiger partial charge in [0.15, 0.2) is 0 Å². The molecule has 1 aromatic rings. The fourth-order valence-corrected chi connectivity index (χ4v) is 5.93. The van der Waals surface area contributed by atoms with Gasteiger partial charge in [-0.1, -0.05) is 56.2 Å². The van der Waals surface area contributed by atoms with E-state index in [0.29, 0.717) is 17.9 Å². The summed E-state index contributed by atoms with van der Waals surface area (Å²) >= 11 is 0. The Balaban J connectivity index is 1.39. The van der Waals surface area contributed by atoms with E-state index in [1.165, 1.54) is 30.4 Å². The molecule has 1 aliphatic heterocycles. The Morgan fingerprint density at radius 3 is 2.67 bits per heavy atom. The largest absolute Gasteiger partial charge is 0.361 e. The van der Waals surface area contributed by atoms with Crippen molar-refractivity contribution in [2.45, 2.75) is 71.5 Å². The van der Waals surface area contributed by atoms with Crippen molar-refractivity contribution in [1.29, 1.82) is 0 Å². The van der Waals surface area contributed by atoms with Crippen LogP contribution in [0.3, 0.4) is 0 Å². The first-order valence-corrected chi connectivity index (χ1v) is 11.5. The lowest BCUT2D eigenvalue weighted by Crippen LogP contribution is -2.34. The summed E-state index contributed by atoms with van der Waals surface area (Å²) in [4.78, 5) is 12.5. The summed E-state index contributed by atoms with van der Waals surface area (Å²) in [5.74, 6) is 0.584. The maximum absolute atomic E-state index is 12.5. The smallest absolute Gasteiger partial charge is 0.251 e. The molecule has 1 saturated heterocycles. The zero-order valence-corrected chi connectivity index (χ0v) is 18.7. The number of ether oxygens (including phenoxy) is 1. The average Bonchev–Trinajstić information content (AvgIpc) is 3.31. The van der Waals surface area contributed by atoms with Gasteiger partial charge >= 0.3 is 0 Å². The number of benzene rings is 1. The Morgan fingerprint density at radius 2 is 1.93 bits per heavy atom. The van der Waals surface area contributed by atoms with Gasteiger partial charge in [0.25, 0.3) is 5.91 Å². The van der Waals surface area contributed by atoms with Gasteiger partial charge in [0, 0.05) is 12.1 Å².